The van der Waals surface area contributed by atoms with E-state index in [1.807, 2.05) is 30.3 Å². The largest absolute Gasteiger partial charge is 0.448 e. The molecule has 2 N–H and O–H groups in total. The van der Waals surface area contributed by atoms with Gasteiger partial charge in [0.15, 0.2) is 0 Å². The van der Waals surface area contributed by atoms with Crippen LogP contribution in [0.1, 0.15) is 17.0 Å². The number of fused-ring (bicyclic) bond motifs is 3. The van der Waals surface area contributed by atoms with Gasteiger partial charge in [0.1, 0.15) is 6.61 Å². The maximum atomic E-state index is 12.5. The number of nitrogens with zero attached hydrogens (tertiary/aromatic N) is 1. The zero-order valence-electron chi connectivity index (χ0n) is 16.8. The maximum absolute atomic E-state index is 12.5. The average molecular weight is 399 g/mol. The molecule has 0 radical (unpaired) electrons. The van der Waals surface area contributed by atoms with Gasteiger partial charge in [0, 0.05) is 43.5 Å². The van der Waals surface area contributed by atoms with E-state index in [4.69, 9.17) is 4.74 Å². The van der Waals surface area contributed by atoms with E-state index in [-0.39, 0.29) is 5.92 Å². The summed E-state index contributed by atoms with van der Waals surface area (Å²) in [6.07, 6.45) is -0.422. The summed E-state index contributed by atoms with van der Waals surface area (Å²) >= 11 is 0. The standard InChI is InChI=1S/C25H25N3O2/c29-25(27-18-6-5-7-19(16-18)28-14-12-26-13-15-28)30-17-24-22-10-3-1-8-20(22)21-9-2-4-11-23(21)24/h1-11,16,24,26H,12-15,17H2,(H,27,29). The number of nitrogens with one attached hydrogen (secondary N) is 2. The first-order chi connectivity index (χ1) is 14.8. The molecule has 152 valence electrons. The van der Waals surface area contributed by atoms with E-state index < -0.39 is 6.09 Å². The second kappa shape index (κ2) is 8.20. The number of piperazine rings is 1. The predicted molar refractivity (Wildman–Crippen MR) is 120 cm³/mol. The molecule has 1 saturated heterocycles. The van der Waals surface area contributed by atoms with Gasteiger partial charge in [-0.05, 0) is 40.5 Å². The molecule has 1 fully saturated rings. The minimum absolute atomic E-state index is 0.0651. The highest BCUT2D eigenvalue weighted by Crippen LogP contribution is 2.44. The lowest BCUT2D eigenvalue weighted by Crippen LogP contribution is -2.43. The molecule has 0 atom stereocenters. The summed E-state index contributed by atoms with van der Waals surface area (Å²) in [6, 6.07) is 24.7. The van der Waals surface area contributed by atoms with Gasteiger partial charge in [-0.2, -0.15) is 0 Å². The van der Waals surface area contributed by atoms with Gasteiger partial charge >= 0.3 is 6.09 Å². The Labute approximate surface area is 176 Å². The van der Waals surface area contributed by atoms with Crippen LogP contribution in [-0.4, -0.2) is 38.9 Å². The average Bonchev–Trinajstić information content (AvgIpc) is 3.12. The van der Waals surface area contributed by atoms with Crippen molar-refractivity contribution in [2.45, 2.75) is 5.92 Å². The van der Waals surface area contributed by atoms with E-state index in [1.54, 1.807) is 0 Å². The molecule has 5 nitrogen and oxygen atoms in total. The molecule has 0 bridgehead atoms. The van der Waals surface area contributed by atoms with Crippen molar-refractivity contribution in [2.75, 3.05) is 43.0 Å². The molecule has 1 aliphatic heterocycles. The number of rotatable bonds is 4. The van der Waals surface area contributed by atoms with Gasteiger partial charge in [-0.3, -0.25) is 5.32 Å². The van der Waals surface area contributed by atoms with E-state index in [0.717, 1.165) is 37.6 Å². The van der Waals surface area contributed by atoms with Gasteiger partial charge in [0.2, 0.25) is 0 Å². The molecule has 1 aliphatic carbocycles. The van der Waals surface area contributed by atoms with E-state index in [1.165, 1.54) is 22.3 Å². The second-order valence-electron chi connectivity index (χ2n) is 7.74. The molecule has 0 aromatic heterocycles. The third kappa shape index (κ3) is 3.64. The zero-order valence-corrected chi connectivity index (χ0v) is 16.8. The summed E-state index contributed by atoms with van der Waals surface area (Å²) in [5, 5.41) is 6.25. The lowest BCUT2D eigenvalue weighted by molar-refractivity contribution is 0.158. The van der Waals surface area contributed by atoms with Crippen LogP contribution in [-0.2, 0) is 4.74 Å². The molecule has 0 spiro atoms. The van der Waals surface area contributed by atoms with Crippen molar-refractivity contribution in [3.63, 3.8) is 0 Å². The van der Waals surface area contributed by atoms with Crippen molar-refractivity contribution in [1.82, 2.24) is 5.32 Å². The lowest BCUT2D eigenvalue weighted by atomic mass is 9.98. The molecule has 5 rings (SSSR count). The van der Waals surface area contributed by atoms with Crippen LogP contribution in [0.5, 0.6) is 0 Å². The predicted octanol–water partition coefficient (Wildman–Crippen LogP) is 4.46. The fraction of sp³-hybridized carbons (Fsp3) is 0.240. The number of carbonyl (C=O) groups excluding carboxylic acids is 1. The Balaban J connectivity index is 1.26. The molecule has 3 aromatic carbocycles. The smallest absolute Gasteiger partial charge is 0.411 e. The Morgan fingerprint density at radius 2 is 1.60 bits per heavy atom. The second-order valence-corrected chi connectivity index (χ2v) is 7.74. The maximum Gasteiger partial charge on any atom is 0.411 e. The Hall–Kier alpha value is -3.31. The van der Waals surface area contributed by atoms with Crippen molar-refractivity contribution < 1.29 is 9.53 Å². The SMILES string of the molecule is O=C(Nc1cccc(N2CCNCC2)c1)OCC1c2ccccc2-c2ccccc21. The van der Waals surface area contributed by atoms with E-state index in [2.05, 4.69) is 58.0 Å². The quantitative estimate of drug-likeness (QED) is 0.680. The number of hydrogen-bond acceptors (Lipinski definition) is 4. The Kier molecular flexibility index (Phi) is 5.11. The van der Waals surface area contributed by atoms with Crippen LogP contribution < -0.4 is 15.5 Å². The molecule has 2 aliphatic rings. The first-order valence-electron chi connectivity index (χ1n) is 10.5. The number of benzene rings is 3. The summed E-state index contributed by atoms with van der Waals surface area (Å²) in [4.78, 5) is 14.8. The molecule has 1 amide bonds. The van der Waals surface area contributed by atoms with E-state index >= 15 is 0 Å². The minimum atomic E-state index is -0.422. The Morgan fingerprint density at radius 3 is 2.30 bits per heavy atom. The number of anilines is 2. The minimum Gasteiger partial charge on any atom is -0.448 e. The zero-order chi connectivity index (χ0) is 20.3. The van der Waals surface area contributed by atoms with Gasteiger partial charge in [-0.25, -0.2) is 4.79 Å². The molecular formula is C25H25N3O2. The van der Waals surface area contributed by atoms with Gasteiger partial charge in [0.05, 0.1) is 0 Å². The molecule has 30 heavy (non-hydrogen) atoms. The third-order valence-corrected chi connectivity index (χ3v) is 5.92. The van der Waals surface area contributed by atoms with Gasteiger partial charge in [0.25, 0.3) is 0 Å². The van der Waals surface area contributed by atoms with Crippen molar-refractivity contribution in [3.8, 4) is 11.1 Å². The highest BCUT2D eigenvalue weighted by molar-refractivity contribution is 5.86. The van der Waals surface area contributed by atoms with Gasteiger partial charge in [-0.15, -0.1) is 0 Å². The van der Waals surface area contributed by atoms with Crippen LogP contribution >= 0.6 is 0 Å². The first kappa shape index (κ1) is 18.7. The lowest BCUT2D eigenvalue weighted by Gasteiger charge is -2.29. The first-order valence-corrected chi connectivity index (χ1v) is 10.5. The van der Waals surface area contributed by atoms with E-state index in [9.17, 15) is 4.79 Å². The summed E-state index contributed by atoms with van der Waals surface area (Å²) < 4.78 is 5.66. The van der Waals surface area contributed by atoms with Crippen LogP contribution in [0, 0.1) is 0 Å². The molecule has 5 heteroatoms. The summed E-state index contributed by atoms with van der Waals surface area (Å²) in [6.45, 7) is 4.20. The topological polar surface area (TPSA) is 53.6 Å². The van der Waals surface area contributed by atoms with E-state index in [0.29, 0.717) is 6.61 Å². The summed E-state index contributed by atoms with van der Waals surface area (Å²) in [5.74, 6) is 0.0651. The van der Waals surface area contributed by atoms with Crippen LogP contribution in [0.4, 0.5) is 16.2 Å². The van der Waals surface area contributed by atoms with Crippen LogP contribution in [0.2, 0.25) is 0 Å². The van der Waals surface area contributed by atoms with Crippen molar-refractivity contribution >= 4 is 17.5 Å². The van der Waals surface area contributed by atoms with Crippen LogP contribution in [0.15, 0.2) is 72.8 Å². The number of hydrogen-bond donors (Lipinski definition) is 2. The van der Waals surface area contributed by atoms with Crippen molar-refractivity contribution in [1.29, 1.82) is 0 Å². The molecule has 1 heterocycles. The summed E-state index contributed by atoms with van der Waals surface area (Å²) in [5.41, 5.74) is 6.76. The Morgan fingerprint density at radius 1 is 0.933 bits per heavy atom. The van der Waals surface area contributed by atoms with Crippen LogP contribution in [0.25, 0.3) is 11.1 Å². The molecular weight excluding hydrogens is 374 g/mol. The number of carbonyl (C=O) groups is 1. The monoisotopic (exact) mass is 399 g/mol. The van der Waals surface area contributed by atoms with Crippen molar-refractivity contribution in [2.24, 2.45) is 0 Å². The van der Waals surface area contributed by atoms with Crippen molar-refractivity contribution in [3.05, 3.63) is 83.9 Å². The Bertz CT molecular complexity index is 1010. The molecule has 0 unspecified atom stereocenters. The van der Waals surface area contributed by atoms with Gasteiger partial charge < -0.3 is 15.0 Å². The summed E-state index contributed by atoms with van der Waals surface area (Å²) in [7, 11) is 0. The third-order valence-electron chi connectivity index (χ3n) is 5.92. The highest BCUT2D eigenvalue weighted by Gasteiger charge is 2.29. The number of amides is 1. The fourth-order valence-electron chi connectivity index (χ4n) is 4.46. The van der Waals surface area contributed by atoms with Gasteiger partial charge in [-0.1, -0.05) is 54.6 Å². The normalized spacial score (nSPS) is 15.4. The highest BCUT2D eigenvalue weighted by atomic mass is 16.5. The van der Waals surface area contributed by atoms with Crippen LogP contribution in [0.3, 0.4) is 0 Å². The fourth-order valence-corrected chi connectivity index (χ4v) is 4.46. The molecule has 3 aromatic rings. The molecule has 0 saturated carbocycles. The number of ether oxygens (including phenoxy) is 1.